The third-order valence-corrected chi connectivity index (χ3v) is 2.29. The van der Waals surface area contributed by atoms with Crippen molar-refractivity contribution in [2.45, 2.75) is 26.4 Å². The first-order chi connectivity index (χ1) is 5.11. The van der Waals surface area contributed by atoms with Crippen LogP contribution in [0.2, 0.25) is 0 Å². The minimum atomic E-state index is -0.417. The van der Waals surface area contributed by atoms with Crippen molar-refractivity contribution in [2.75, 3.05) is 0 Å². The summed E-state index contributed by atoms with van der Waals surface area (Å²) in [6, 6.07) is 0. The van der Waals surface area contributed by atoms with Crippen molar-refractivity contribution < 1.29 is 9.90 Å². The van der Waals surface area contributed by atoms with E-state index in [-0.39, 0.29) is 17.6 Å². The van der Waals surface area contributed by atoms with E-state index in [1.165, 1.54) is 0 Å². The minimum absolute atomic E-state index is 0.0231. The van der Waals surface area contributed by atoms with Gasteiger partial charge in [0.1, 0.15) is 5.78 Å². The number of Topliss-reactive ketones (excluding diaryl/α,β-unsaturated/α-hetero) is 1. The number of ketones is 1. The number of allylic oxidation sites excluding steroid dienone is 1. The van der Waals surface area contributed by atoms with Crippen LogP contribution in [-0.2, 0) is 4.79 Å². The molecule has 0 aromatic heterocycles. The second-order valence-electron chi connectivity index (χ2n) is 3.26. The van der Waals surface area contributed by atoms with Gasteiger partial charge in [0.2, 0.25) is 0 Å². The van der Waals surface area contributed by atoms with Crippen molar-refractivity contribution in [3.05, 3.63) is 12.2 Å². The molecule has 0 heterocycles. The number of carbonyl (C=O) groups excluding carboxylic acids is 1. The van der Waals surface area contributed by atoms with Gasteiger partial charge in [-0.25, -0.2) is 0 Å². The Labute approximate surface area is 66.9 Å². The predicted molar refractivity (Wildman–Crippen MR) is 43.1 cm³/mol. The van der Waals surface area contributed by atoms with E-state index in [4.69, 9.17) is 0 Å². The Bertz CT molecular complexity index is 184. The third kappa shape index (κ3) is 1.90. The normalized spacial score (nSPS) is 37.2. The summed E-state index contributed by atoms with van der Waals surface area (Å²) >= 11 is 0. The molecule has 0 aromatic rings. The van der Waals surface area contributed by atoms with E-state index in [0.29, 0.717) is 6.42 Å². The highest BCUT2D eigenvalue weighted by atomic mass is 16.3. The van der Waals surface area contributed by atoms with Crippen LogP contribution in [0.1, 0.15) is 20.3 Å². The SMILES string of the molecule is CC(=O)C1CC(O)C=CC1C. The molecule has 0 saturated carbocycles. The summed E-state index contributed by atoms with van der Waals surface area (Å²) in [6.45, 7) is 3.60. The highest BCUT2D eigenvalue weighted by Gasteiger charge is 2.25. The van der Waals surface area contributed by atoms with Crippen LogP contribution in [0.3, 0.4) is 0 Å². The highest BCUT2D eigenvalue weighted by molar-refractivity contribution is 5.79. The molecule has 0 bridgehead atoms. The van der Waals surface area contributed by atoms with E-state index in [2.05, 4.69) is 0 Å². The largest absolute Gasteiger partial charge is 0.389 e. The number of hydrogen-bond acceptors (Lipinski definition) is 2. The molecule has 1 aliphatic carbocycles. The summed E-state index contributed by atoms with van der Waals surface area (Å²) in [5.41, 5.74) is 0. The Morgan fingerprint density at radius 2 is 2.18 bits per heavy atom. The van der Waals surface area contributed by atoms with Gasteiger partial charge in [0.25, 0.3) is 0 Å². The molecule has 0 radical (unpaired) electrons. The number of aliphatic hydroxyl groups excluding tert-OH is 1. The van der Waals surface area contributed by atoms with Gasteiger partial charge in [-0.2, -0.15) is 0 Å². The molecule has 3 unspecified atom stereocenters. The molecule has 1 N–H and O–H groups in total. The molecule has 0 saturated heterocycles. The van der Waals surface area contributed by atoms with Crippen molar-refractivity contribution in [2.24, 2.45) is 11.8 Å². The summed E-state index contributed by atoms with van der Waals surface area (Å²) in [4.78, 5) is 11.0. The van der Waals surface area contributed by atoms with Crippen LogP contribution < -0.4 is 0 Å². The number of aliphatic hydroxyl groups is 1. The molecule has 0 amide bonds. The van der Waals surface area contributed by atoms with E-state index in [1.807, 2.05) is 13.0 Å². The monoisotopic (exact) mass is 154 g/mol. The van der Waals surface area contributed by atoms with Crippen molar-refractivity contribution in [1.29, 1.82) is 0 Å². The number of hydrogen-bond donors (Lipinski definition) is 1. The lowest BCUT2D eigenvalue weighted by Crippen LogP contribution is -2.26. The topological polar surface area (TPSA) is 37.3 Å². The number of carbonyl (C=O) groups is 1. The second-order valence-corrected chi connectivity index (χ2v) is 3.26. The molecule has 3 atom stereocenters. The lowest BCUT2D eigenvalue weighted by atomic mass is 9.82. The molecule has 0 spiro atoms. The summed E-state index contributed by atoms with van der Waals surface area (Å²) < 4.78 is 0. The molecule has 62 valence electrons. The van der Waals surface area contributed by atoms with Crippen molar-refractivity contribution in [1.82, 2.24) is 0 Å². The quantitative estimate of drug-likeness (QED) is 0.575. The molecule has 11 heavy (non-hydrogen) atoms. The smallest absolute Gasteiger partial charge is 0.133 e. The van der Waals surface area contributed by atoms with Crippen LogP contribution in [0.25, 0.3) is 0 Å². The fourth-order valence-electron chi connectivity index (χ4n) is 1.53. The molecule has 2 heteroatoms. The zero-order valence-electron chi connectivity index (χ0n) is 6.95. The molecule has 0 fully saturated rings. The average Bonchev–Trinajstić information content (AvgIpc) is 1.94. The Hall–Kier alpha value is -0.630. The molecule has 1 aliphatic rings. The Balaban J connectivity index is 2.68. The summed E-state index contributed by atoms with van der Waals surface area (Å²) in [5.74, 6) is 0.492. The molecule has 0 aliphatic heterocycles. The fourth-order valence-corrected chi connectivity index (χ4v) is 1.53. The minimum Gasteiger partial charge on any atom is -0.389 e. The molecule has 0 aromatic carbocycles. The van der Waals surface area contributed by atoms with Gasteiger partial charge in [-0.15, -0.1) is 0 Å². The van der Waals surface area contributed by atoms with Crippen LogP contribution >= 0.6 is 0 Å². The first-order valence-corrected chi connectivity index (χ1v) is 3.98. The second kappa shape index (κ2) is 3.18. The van der Waals surface area contributed by atoms with Gasteiger partial charge < -0.3 is 5.11 Å². The van der Waals surface area contributed by atoms with Gasteiger partial charge in [0.05, 0.1) is 6.10 Å². The Morgan fingerprint density at radius 3 is 2.64 bits per heavy atom. The van der Waals surface area contributed by atoms with Gasteiger partial charge in [-0.1, -0.05) is 19.1 Å². The van der Waals surface area contributed by atoms with Crippen LogP contribution in [-0.4, -0.2) is 17.0 Å². The Morgan fingerprint density at radius 1 is 1.55 bits per heavy atom. The maximum absolute atomic E-state index is 11.0. The summed E-state index contributed by atoms with van der Waals surface area (Å²) in [7, 11) is 0. The van der Waals surface area contributed by atoms with E-state index in [0.717, 1.165) is 0 Å². The third-order valence-electron chi connectivity index (χ3n) is 2.29. The predicted octanol–water partition coefficient (Wildman–Crippen LogP) is 1.15. The lowest BCUT2D eigenvalue weighted by molar-refractivity contribution is -0.122. The van der Waals surface area contributed by atoms with Gasteiger partial charge in [-0.3, -0.25) is 4.79 Å². The molecular formula is C9H14O2. The first kappa shape index (κ1) is 8.47. The van der Waals surface area contributed by atoms with Crippen molar-refractivity contribution in [3.63, 3.8) is 0 Å². The zero-order chi connectivity index (χ0) is 8.43. The zero-order valence-corrected chi connectivity index (χ0v) is 6.95. The van der Waals surface area contributed by atoms with Crippen LogP contribution in [0.4, 0.5) is 0 Å². The highest BCUT2D eigenvalue weighted by Crippen LogP contribution is 2.24. The maximum Gasteiger partial charge on any atom is 0.133 e. The summed E-state index contributed by atoms with van der Waals surface area (Å²) in [5, 5.41) is 9.21. The summed E-state index contributed by atoms with van der Waals surface area (Å²) in [6.07, 6.45) is 3.86. The van der Waals surface area contributed by atoms with Crippen LogP contribution in [0.5, 0.6) is 0 Å². The fraction of sp³-hybridized carbons (Fsp3) is 0.667. The first-order valence-electron chi connectivity index (χ1n) is 3.98. The van der Waals surface area contributed by atoms with Gasteiger partial charge in [-0.05, 0) is 19.3 Å². The van der Waals surface area contributed by atoms with E-state index in [9.17, 15) is 9.90 Å². The molecule has 2 nitrogen and oxygen atoms in total. The maximum atomic E-state index is 11.0. The lowest BCUT2D eigenvalue weighted by Gasteiger charge is -2.24. The van der Waals surface area contributed by atoms with Gasteiger partial charge in [0.15, 0.2) is 0 Å². The van der Waals surface area contributed by atoms with E-state index in [1.54, 1.807) is 13.0 Å². The van der Waals surface area contributed by atoms with Crippen LogP contribution in [0.15, 0.2) is 12.2 Å². The average molecular weight is 154 g/mol. The van der Waals surface area contributed by atoms with E-state index < -0.39 is 6.10 Å². The molecule has 1 rings (SSSR count). The van der Waals surface area contributed by atoms with Gasteiger partial charge in [0, 0.05) is 5.92 Å². The standard InChI is InChI=1S/C9H14O2/c1-6-3-4-8(11)5-9(6)7(2)10/h3-4,6,8-9,11H,5H2,1-2H3. The Kier molecular flexibility index (Phi) is 2.45. The van der Waals surface area contributed by atoms with Gasteiger partial charge >= 0.3 is 0 Å². The van der Waals surface area contributed by atoms with Crippen LogP contribution in [0, 0.1) is 11.8 Å². The van der Waals surface area contributed by atoms with Crippen molar-refractivity contribution >= 4 is 5.78 Å². The number of rotatable bonds is 1. The van der Waals surface area contributed by atoms with Crippen molar-refractivity contribution in [3.8, 4) is 0 Å². The van der Waals surface area contributed by atoms with E-state index >= 15 is 0 Å². The molecular weight excluding hydrogens is 140 g/mol.